The van der Waals surface area contributed by atoms with Gasteiger partial charge in [-0.05, 0) is 62.1 Å². The number of guanidine groups is 1. The van der Waals surface area contributed by atoms with Crippen LogP contribution in [0.5, 0.6) is 5.75 Å². The van der Waals surface area contributed by atoms with Crippen molar-refractivity contribution in [3.8, 4) is 5.75 Å². The van der Waals surface area contributed by atoms with Crippen molar-refractivity contribution in [1.29, 1.82) is 0 Å². The van der Waals surface area contributed by atoms with E-state index in [4.69, 9.17) is 9.73 Å². The molecule has 0 bridgehead atoms. The standard InChI is InChI=1S/C22H36N4O2.HI/c1-6-23-22(26-19-10-8-18(9-11-19)15(2)3)24-14-17-7-12-21(28-5)20(13-17)25-16(4)27;/h7,12-13,15,18-19H,6,8-11,14H2,1-5H3,(H,25,27)(H2,23,24,26);1H. The van der Waals surface area contributed by atoms with Crippen LogP contribution in [0.3, 0.4) is 0 Å². The van der Waals surface area contributed by atoms with Gasteiger partial charge >= 0.3 is 0 Å². The number of nitrogens with one attached hydrogen (secondary N) is 3. The fraction of sp³-hybridized carbons (Fsp3) is 0.636. The Bertz CT molecular complexity index is 671. The predicted octanol–water partition coefficient (Wildman–Crippen LogP) is 4.54. The number of benzene rings is 1. The lowest BCUT2D eigenvalue weighted by atomic mass is 9.80. The highest BCUT2D eigenvalue weighted by Gasteiger charge is 2.23. The Morgan fingerprint density at radius 1 is 1.24 bits per heavy atom. The van der Waals surface area contributed by atoms with E-state index in [1.807, 2.05) is 18.2 Å². The molecule has 3 N–H and O–H groups in total. The van der Waals surface area contributed by atoms with Crippen molar-refractivity contribution in [3.05, 3.63) is 23.8 Å². The molecule has 0 radical (unpaired) electrons. The van der Waals surface area contributed by atoms with E-state index >= 15 is 0 Å². The maximum atomic E-state index is 11.4. The maximum Gasteiger partial charge on any atom is 0.221 e. The molecule has 0 unspecified atom stereocenters. The zero-order valence-electron chi connectivity index (χ0n) is 18.4. The van der Waals surface area contributed by atoms with Gasteiger partial charge in [0.15, 0.2) is 5.96 Å². The van der Waals surface area contributed by atoms with Gasteiger partial charge in [-0.1, -0.05) is 19.9 Å². The van der Waals surface area contributed by atoms with Crippen LogP contribution in [0, 0.1) is 11.8 Å². The summed E-state index contributed by atoms with van der Waals surface area (Å²) >= 11 is 0. The number of ether oxygens (including phenoxy) is 1. The highest BCUT2D eigenvalue weighted by atomic mass is 127. The number of nitrogens with zero attached hydrogens (tertiary/aromatic N) is 1. The van der Waals surface area contributed by atoms with Gasteiger partial charge in [0.2, 0.25) is 5.91 Å². The predicted molar refractivity (Wildman–Crippen MR) is 131 cm³/mol. The van der Waals surface area contributed by atoms with E-state index in [9.17, 15) is 4.79 Å². The Labute approximate surface area is 192 Å². The lowest BCUT2D eigenvalue weighted by molar-refractivity contribution is -0.114. The van der Waals surface area contributed by atoms with Gasteiger partial charge in [-0.25, -0.2) is 4.99 Å². The minimum atomic E-state index is -0.119. The third-order valence-corrected chi connectivity index (χ3v) is 5.39. The van der Waals surface area contributed by atoms with Crippen LogP contribution in [0.1, 0.15) is 58.9 Å². The first kappa shape index (κ1) is 25.5. The molecule has 0 spiro atoms. The Morgan fingerprint density at radius 3 is 2.48 bits per heavy atom. The van der Waals surface area contributed by atoms with Crippen LogP contribution in [0.15, 0.2) is 23.2 Å². The summed E-state index contributed by atoms with van der Waals surface area (Å²) in [5.41, 5.74) is 1.69. The van der Waals surface area contributed by atoms with Gasteiger partial charge in [-0.15, -0.1) is 24.0 Å². The molecular weight excluding hydrogens is 479 g/mol. The summed E-state index contributed by atoms with van der Waals surface area (Å²) in [6, 6.07) is 6.24. The second-order valence-corrected chi connectivity index (χ2v) is 7.91. The van der Waals surface area contributed by atoms with Crippen molar-refractivity contribution >= 4 is 41.5 Å². The lowest BCUT2D eigenvalue weighted by Crippen LogP contribution is -2.45. The van der Waals surface area contributed by atoms with Crippen molar-refractivity contribution in [1.82, 2.24) is 10.6 Å². The van der Waals surface area contributed by atoms with Gasteiger partial charge in [-0.2, -0.15) is 0 Å². The topological polar surface area (TPSA) is 74.8 Å². The first-order chi connectivity index (χ1) is 13.4. The number of hydrogen-bond acceptors (Lipinski definition) is 3. The molecule has 6 nitrogen and oxygen atoms in total. The number of aliphatic imine (C=N–C) groups is 1. The molecule has 0 atom stereocenters. The number of rotatable bonds is 7. The van der Waals surface area contributed by atoms with Crippen LogP contribution in [0.25, 0.3) is 0 Å². The van der Waals surface area contributed by atoms with Gasteiger partial charge in [-0.3, -0.25) is 4.79 Å². The van der Waals surface area contributed by atoms with Crippen molar-refractivity contribution in [3.63, 3.8) is 0 Å². The van der Waals surface area contributed by atoms with Crippen LogP contribution in [0.4, 0.5) is 5.69 Å². The first-order valence-corrected chi connectivity index (χ1v) is 10.4. The largest absolute Gasteiger partial charge is 0.495 e. The summed E-state index contributed by atoms with van der Waals surface area (Å²) in [4.78, 5) is 16.2. The number of anilines is 1. The quantitative estimate of drug-likeness (QED) is 0.283. The fourth-order valence-electron chi connectivity index (χ4n) is 3.75. The molecule has 1 aromatic rings. The van der Waals surface area contributed by atoms with Gasteiger partial charge in [0.25, 0.3) is 0 Å². The SMILES string of the molecule is CCNC(=NCc1ccc(OC)c(NC(C)=O)c1)NC1CCC(C(C)C)CC1.I. The zero-order valence-corrected chi connectivity index (χ0v) is 20.7. The summed E-state index contributed by atoms with van der Waals surface area (Å²) in [5.74, 6) is 3.01. The van der Waals surface area contributed by atoms with Gasteiger partial charge in [0.1, 0.15) is 5.75 Å². The van der Waals surface area contributed by atoms with Crippen molar-refractivity contribution in [2.24, 2.45) is 16.8 Å². The molecule has 164 valence electrons. The summed E-state index contributed by atoms with van der Waals surface area (Å²) in [6.45, 7) is 9.59. The molecule has 0 saturated heterocycles. The van der Waals surface area contributed by atoms with E-state index in [1.54, 1.807) is 7.11 Å². The van der Waals surface area contributed by atoms with Gasteiger partial charge in [0, 0.05) is 19.5 Å². The number of hydrogen-bond donors (Lipinski definition) is 3. The fourth-order valence-corrected chi connectivity index (χ4v) is 3.75. The van der Waals surface area contributed by atoms with Crippen LogP contribution in [-0.2, 0) is 11.3 Å². The van der Waals surface area contributed by atoms with Crippen LogP contribution in [-0.4, -0.2) is 31.6 Å². The van der Waals surface area contributed by atoms with Crippen LogP contribution < -0.4 is 20.7 Å². The molecule has 1 fully saturated rings. The summed E-state index contributed by atoms with van der Waals surface area (Å²) < 4.78 is 5.32. The molecule has 1 saturated carbocycles. The smallest absolute Gasteiger partial charge is 0.221 e. The molecule has 0 heterocycles. The molecule has 7 heteroatoms. The summed E-state index contributed by atoms with van der Waals surface area (Å²) in [5, 5.41) is 9.76. The van der Waals surface area contributed by atoms with Gasteiger partial charge < -0.3 is 20.7 Å². The third kappa shape index (κ3) is 8.40. The minimum absolute atomic E-state index is 0. The second-order valence-electron chi connectivity index (χ2n) is 7.91. The van der Waals surface area contributed by atoms with E-state index in [-0.39, 0.29) is 29.9 Å². The average molecular weight is 516 g/mol. The Morgan fingerprint density at radius 2 is 1.93 bits per heavy atom. The number of amides is 1. The van der Waals surface area contributed by atoms with E-state index in [1.165, 1.54) is 32.6 Å². The van der Waals surface area contributed by atoms with Crippen LogP contribution in [0.2, 0.25) is 0 Å². The molecule has 0 aromatic heterocycles. The normalized spacial score (nSPS) is 19.3. The Kier molecular flexibility index (Phi) is 11.4. The van der Waals surface area contributed by atoms with E-state index in [0.29, 0.717) is 24.0 Å². The minimum Gasteiger partial charge on any atom is -0.495 e. The molecule has 1 aromatic carbocycles. The zero-order chi connectivity index (χ0) is 20.5. The summed E-state index contributed by atoms with van der Waals surface area (Å²) in [6.07, 6.45) is 4.96. The maximum absolute atomic E-state index is 11.4. The third-order valence-electron chi connectivity index (χ3n) is 5.39. The second kappa shape index (κ2) is 12.9. The average Bonchev–Trinajstić information content (AvgIpc) is 2.66. The highest BCUT2D eigenvalue weighted by Crippen LogP contribution is 2.30. The number of carbonyl (C=O) groups is 1. The lowest BCUT2D eigenvalue weighted by Gasteiger charge is -2.32. The molecule has 1 aliphatic carbocycles. The van der Waals surface area contributed by atoms with Crippen LogP contribution >= 0.6 is 24.0 Å². The van der Waals surface area contributed by atoms with Gasteiger partial charge in [0.05, 0.1) is 19.3 Å². The molecule has 0 aliphatic heterocycles. The van der Waals surface area contributed by atoms with Crippen molar-refractivity contribution in [2.45, 2.75) is 66.0 Å². The Hall–Kier alpha value is -1.51. The van der Waals surface area contributed by atoms with Crippen molar-refractivity contribution in [2.75, 3.05) is 19.0 Å². The van der Waals surface area contributed by atoms with Crippen molar-refractivity contribution < 1.29 is 9.53 Å². The number of carbonyl (C=O) groups excluding carboxylic acids is 1. The molecule has 1 amide bonds. The molecule has 1 aliphatic rings. The number of methoxy groups -OCH3 is 1. The molecule has 29 heavy (non-hydrogen) atoms. The first-order valence-electron chi connectivity index (χ1n) is 10.4. The van der Waals surface area contributed by atoms with E-state index < -0.39 is 0 Å². The monoisotopic (exact) mass is 516 g/mol. The highest BCUT2D eigenvalue weighted by molar-refractivity contribution is 14.0. The molecule has 2 rings (SSSR count). The number of halogens is 1. The Balaban J connectivity index is 0.00000420. The summed E-state index contributed by atoms with van der Waals surface area (Å²) in [7, 11) is 1.60. The molecular formula is C22H37IN4O2. The van der Waals surface area contributed by atoms with E-state index in [2.05, 4.69) is 36.7 Å². The van der Waals surface area contributed by atoms with E-state index in [0.717, 1.165) is 29.9 Å².